The molecule has 0 bridgehead atoms. The first-order chi connectivity index (χ1) is 12.5. The van der Waals surface area contributed by atoms with Crippen LogP contribution >= 0.6 is 0 Å². The Bertz CT molecular complexity index is 1310. The molecule has 136 valence electrons. The van der Waals surface area contributed by atoms with Crippen molar-refractivity contribution in [2.45, 2.75) is 9.79 Å². The standard InChI is InChI=1S/C15H8N4O6S2/c16-6-10(7-17)14(8-18)19-11-2-1-9-3-12(26(20,21)22)5-15(13(9)4-11)27(23,24)25/h1-5,19H,(H,20,21,22)(H,23,24,25). The summed E-state index contributed by atoms with van der Waals surface area (Å²) in [4.78, 5) is -1.53. The zero-order valence-corrected chi connectivity index (χ0v) is 14.7. The van der Waals surface area contributed by atoms with E-state index in [0.29, 0.717) is 6.07 Å². The predicted octanol–water partition coefficient (Wildman–Crippen LogP) is 1.57. The zero-order valence-electron chi connectivity index (χ0n) is 13.1. The van der Waals surface area contributed by atoms with Gasteiger partial charge in [-0.05, 0) is 29.7 Å². The van der Waals surface area contributed by atoms with E-state index in [1.165, 1.54) is 24.3 Å². The fourth-order valence-electron chi connectivity index (χ4n) is 2.17. The average Bonchev–Trinajstić information content (AvgIpc) is 2.59. The minimum absolute atomic E-state index is 0.0478. The van der Waals surface area contributed by atoms with Gasteiger partial charge in [0, 0.05) is 11.1 Å². The van der Waals surface area contributed by atoms with E-state index in [-0.39, 0.29) is 22.2 Å². The Balaban J connectivity index is 2.78. The number of hydrogen-bond acceptors (Lipinski definition) is 8. The Morgan fingerprint density at radius 2 is 1.52 bits per heavy atom. The van der Waals surface area contributed by atoms with Crippen molar-refractivity contribution in [3.63, 3.8) is 0 Å². The number of nitrogens with zero attached hydrogens (tertiary/aromatic N) is 3. The van der Waals surface area contributed by atoms with Crippen molar-refractivity contribution < 1.29 is 25.9 Å². The van der Waals surface area contributed by atoms with Gasteiger partial charge < -0.3 is 5.32 Å². The maximum atomic E-state index is 11.6. The van der Waals surface area contributed by atoms with Crippen molar-refractivity contribution in [3.05, 3.63) is 41.6 Å². The summed E-state index contributed by atoms with van der Waals surface area (Å²) in [5.74, 6) is 0. The average molecular weight is 404 g/mol. The Morgan fingerprint density at radius 1 is 0.889 bits per heavy atom. The second-order valence-electron chi connectivity index (χ2n) is 5.02. The Labute approximate surface area is 153 Å². The summed E-state index contributed by atoms with van der Waals surface area (Å²) in [7, 11) is -9.62. The normalized spacial score (nSPS) is 11.1. The lowest BCUT2D eigenvalue weighted by atomic mass is 10.1. The molecule has 3 N–H and O–H groups in total. The highest BCUT2D eigenvalue weighted by atomic mass is 32.2. The third-order valence-corrected chi connectivity index (χ3v) is 5.05. The van der Waals surface area contributed by atoms with Crippen LogP contribution in [0.5, 0.6) is 0 Å². The van der Waals surface area contributed by atoms with Crippen molar-refractivity contribution in [2.75, 3.05) is 5.32 Å². The van der Waals surface area contributed by atoms with Crippen LogP contribution in [0.3, 0.4) is 0 Å². The Hall–Kier alpha value is -3.47. The van der Waals surface area contributed by atoms with Gasteiger partial charge in [0.2, 0.25) is 0 Å². The summed E-state index contributed by atoms with van der Waals surface area (Å²) < 4.78 is 64.4. The quantitative estimate of drug-likeness (QED) is 0.497. The minimum Gasteiger partial charge on any atom is -0.345 e. The summed E-state index contributed by atoms with van der Waals surface area (Å²) in [6.07, 6.45) is 0. The van der Waals surface area contributed by atoms with E-state index < -0.39 is 35.6 Å². The van der Waals surface area contributed by atoms with Crippen molar-refractivity contribution in [1.82, 2.24) is 0 Å². The molecule has 0 atom stereocenters. The van der Waals surface area contributed by atoms with Crippen LogP contribution in [0, 0.1) is 34.0 Å². The van der Waals surface area contributed by atoms with Gasteiger partial charge in [-0.3, -0.25) is 9.11 Å². The molecule has 0 saturated heterocycles. The largest absolute Gasteiger partial charge is 0.345 e. The van der Waals surface area contributed by atoms with Gasteiger partial charge in [-0.1, -0.05) is 6.07 Å². The number of fused-ring (bicyclic) bond motifs is 1. The lowest BCUT2D eigenvalue weighted by Crippen LogP contribution is -2.05. The number of allylic oxidation sites excluding steroid dienone is 2. The monoisotopic (exact) mass is 404 g/mol. The highest BCUT2D eigenvalue weighted by Gasteiger charge is 2.20. The predicted molar refractivity (Wildman–Crippen MR) is 91.1 cm³/mol. The molecule has 12 heteroatoms. The molecule has 10 nitrogen and oxygen atoms in total. The fraction of sp³-hybridized carbons (Fsp3) is 0. The Morgan fingerprint density at radius 3 is 2.00 bits per heavy atom. The molecule has 0 radical (unpaired) electrons. The highest BCUT2D eigenvalue weighted by Crippen LogP contribution is 2.30. The van der Waals surface area contributed by atoms with Crippen molar-refractivity contribution in [2.24, 2.45) is 0 Å². The molecule has 2 aromatic carbocycles. The zero-order chi connectivity index (χ0) is 20.4. The van der Waals surface area contributed by atoms with Crippen LogP contribution in [0.2, 0.25) is 0 Å². The van der Waals surface area contributed by atoms with Crippen LogP contribution in [-0.2, 0) is 20.2 Å². The summed E-state index contributed by atoms with van der Waals surface area (Å²) in [6.45, 7) is 0. The van der Waals surface area contributed by atoms with Crippen molar-refractivity contribution in [1.29, 1.82) is 15.8 Å². The molecule has 0 amide bonds. The summed E-state index contributed by atoms with van der Waals surface area (Å²) in [5, 5.41) is 29.1. The van der Waals surface area contributed by atoms with Gasteiger partial charge in [0.1, 0.15) is 28.8 Å². The van der Waals surface area contributed by atoms with E-state index in [0.717, 1.165) is 12.1 Å². The lowest BCUT2D eigenvalue weighted by Gasteiger charge is -2.10. The van der Waals surface area contributed by atoms with Crippen molar-refractivity contribution >= 4 is 36.7 Å². The van der Waals surface area contributed by atoms with Gasteiger partial charge in [-0.15, -0.1) is 0 Å². The number of rotatable bonds is 4. The van der Waals surface area contributed by atoms with Crippen LogP contribution in [0.4, 0.5) is 5.69 Å². The number of benzene rings is 2. The summed E-state index contributed by atoms with van der Waals surface area (Å²) in [6, 6.07) is 9.96. The molecule has 0 spiro atoms. The molecule has 2 aromatic rings. The molecule has 2 rings (SSSR count). The number of nitrogens with one attached hydrogen (secondary N) is 1. The van der Waals surface area contributed by atoms with Gasteiger partial charge in [0.05, 0.1) is 4.90 Å². The van der Waals surface area contributed by atoms with Gasteiger partial charge in [-0.2, -0.15) is 32.6 Å². The number of hydrogen-bond donors (Lipinski definition) is 3. The van der Waals surface area contributed by atoms with E-state index >= 15 is 0 Å². The maximum Gasteiger partial charge on any atom is 0.295 e. The molecule has 0 aromatic heterocycles. The third-order valence-electron chi connectivity index (χ3n) is 3.32. The van der Waals surface area contributed by atoms with Crippen molar-refractivity contribution in [3.8, 4) is 18.2 Å². The second kappa shape index (κ2) is 7.03. The maximum absolute atomic E-state index is 11.6. The van der Waals surface area contributed by atoms with E-state index in [1.54, 1.807) is 6.07 Å². The van der Waals surface area contributed by atoms with Crippen LogP contribution < -0.4 is 5.32 Å². The first kappa shape index (κ1) is 19.8. The lowest BCUT2D eigenvalue weighted by molar-refractivity contribution is 0.482. The molecule has 0 saturated carbocycles. The van der Waals surface area contributed by atoms with E-state index in [4.69, 9.17) is 20.3 Å². The SMILES string of the molecule is N#CC(C#N)=C(C#N)Nc1ccc2cc(S(=O)(=O)O)cc(S(=O)(=O)O)c2c1. The van der Waals surface area contributed by atoms with Crippen LogP contribution in [0.1, 0.15) is 0 Å². The molecule has 27 heavy (non-hydrogen) atoms. The van der Waals surface area contributed by atoms with Crippen LogP contribution in [0.15, 0.2) is 51.4 Å². The minimum atomic E-state index is -4.87. The smallest absolute Gasteiger partial charge is 0.295 e. The molecule has 0 unspecified atom stereocenters. The molecule has 0 aliphatic carbocycles. The topological polar surface area (TPSA) is 192 Å². The van der Waals surface area contributed by atoms with E-state index in [9.17, 15) is 21.4 Å². The van der Waals surface area contributed by atoms with Crippen LogP contribution in [-0.4, -0.2) is 25.9 Å². The second-order valence-corrected chi connectivity index (χ2v) is 7.83. The first-order valence-electron chi connectivity index (χ1n) is 6.75. The summed E-state index contributed by atoms with van der Waals surface area (Å²) in [5.41, 5.74) is -0.803. The van der Waals surface area contributed by atoms with Gasteiger partial charge in [0.25, 0.3) is 20.2 Å². The molecule has 0 aliphatic rings. The summed E-state index contributed by atoms with van der Waals surface area (Å²) >= 11 is 0. The first-order valence-corrected chi connectivity index (χ1v) is 9.63. The molecular formula is C15H8N4O6S2. The van der Waals surface area contributed by atoms with Crippen LogP contribution in [0.25, 0.3) is 10.8 Å². The van der Waals surface area contributed by atoms with Gasteiger partial charge >= 0.3 is 0 Å². The molecule has 0 heterocycles. The number of nitriles is 3. The van der Waals surface area contributed by atoms with Gasteiger partial charge in [-0.25, -0.2) is 0 Å². The number of anilines is 1. The Kier molecular flexibility index (Phi) is 5.17. The molecular weight excluding hydrogens is 396 g/mol. The molecule has 0 aliphatic heterocycles. The molecule has 0 fully saturated rings. The van der Waals surface area contributed by atoms with E-state index in [1.807, 2.05) is 0 Å². The fourth-order valence-corrected chi connectivity index (χ4v) is 3.51. The van der Waals surface area contributed by atoms with Gasteiger partial charge in [0.15, 0.2) is 5.57 Å². The van der Waals surface area contributed by atoms with E-state index in [2.05, 4.69) is 5.32 Å². The highest BCUT2D eigenvalue weighted by molar-refractivity contribution is 7.86. The third kappa shape index (κ3) is 4.20.